The molecule has 2 heteroatoms. The summed E-state index contributed by atoms with van der Waals surface area (Å²) in [7, 11) is -1.33. The molecule has 0 heterocycles. The molecule has 0 fully saturated rings. The van der Waals surface area contributed by atoms with Crippen LogP contribution in [-0.4, -0.2) is 14.3 Å². The van der Waals surface area contributed by atoms with Crippen molar-refractivity contribution in [2.24, 2.45) is 11.8 Å². The fraction of sp³-hybridized carbons (Fsp3) is 0.429. The molecule has 0 N–H and O–H groups in total. The second-order valence-corrected chi connectivity index (χ2v) is 17.7. The van der Waals surface area contributed by atoms with Crippen LogP contribution in [0.15, 0.2) is 103 Å². The standard InChI is InChI=1S/C35H48OSi/c1-8-28(2)24-32(31-18-12-9-13-19-31)26-35(33-20-14-10-15-21-33,34-22-16-11-17-23-34)25-29(3)30(4)36-27-37(5,6)7/h9-23,28-29,32H,4,8,24-27H2,1-3,5-7H3. The normalized spacial score (nSPS) is 14.5. The largest absolute Gasteiger partial charge is 0.502 e. The Kier molecular flexibility index (Phi) is 10.4. The summed E-state index contributed by atoms with van der Waals surface area (Å²) in [6.45, 7) is 18.5. The third kappa shape index (κ3) is 8.20. The molecule has 0 radical (unpaired) electrons. The molecule has 0 aliphatic rings. The topological polar surface area (TPSA) is 9.23 Å². The summed E-state index contributed by atoms with van der Waals surface area (Å²) in [5.41, 5.74) is 4.06. The summed E-state index contributed by atoms with van der Waals surface area (Å²) in [4.78, 5) is 0. The van der Waals surface area contributed by atoms with Crippen LogP contribution < -0.4 is 0 Å². The van der Waals surface area contributed by atoms with Gasteiger partial charge in [-0.15, -0.1) is 0 Å². The van der Waals surface area contributed by atoms with Gasteiger partial charge < -0.3 is 4.74 Å². The Morgan fingerprint density at radius 2 is 1.27 bits per heavy atom. The maximum absolute atomic E-state index is 6.32. The predicted octanol–water partition coefficient (Wildman–Crippen LogP) is 10.0. The molecular weight excluding hydrogens is 464 g/mol. The van der Waals surface area contributed by atoms with Crippen molar-refractivity contribution in [3.05, 3.63) is 120 Å². The average molecular weight is 513 g/mol. The van der Waals surface area contributed by atoms with Gasteiger partial charge in [0.05, 0.1) is 20.1 Å². The fourth-order valence-corrected chi connectivity index (χ4v) is 6.08. The summed E-state index contributed by atoms with van der Waals surface area (Å²) in [6.07, 6.45) is 5.23. The van der Waals surface area contributed by atoms with E-state index in [0.29, 0.717) is 11.8 Å². The molecule has 3 aromatic carbocycles. The van der Waals surface area contributed by atoms with Gasteiger partial charge in [0.2, 0.25) is 0 Å². The van der Waals surface area contributed by atoms with Crippen LogP contribution in [0.25, 0.3) is 0 Å². The molecule has 0 aliphatic heterocycles. The van der Waals surface area contributed by atoms with E-state index in [1.165, 1.54) is 29.5 Å². The molecule has 0 amide bonds. The lowest BCUT2D eigenvalue weighted by Crippen LogP contribution is -2.34. The van der Waals surface area contributed by atoms with E-state index in [4.69, 9.17) is 4.74 Å². The van der Waals surface area contributed by atoms with Crippen LogP contribution in [0.4, 0.5) is 0 Å². The summed E-state index contributed by atoms with van der Waals surface area (Å²) >= 11 is 0. The third-order valence-electron chi connectivity index (χ3n) is 7.80. The molecule has 3 unspecified atom stereocenters. The zero-order chi connectivity index (χ0) is 26.9. The Morgan fingerprint density at radius 1 is 0.784 bits per heavy atom. The van der Waals surface area contributed by atoms with E-state index < -0.39 is 8.07 Å². The lowest BCUT2D eigenvalue weighted by molar-refractivity contribution is 0.202. The molecule has 0 aromatic heterocycles. The van der Waals surface area contributed by atoms with E-state index >= 15 is 0 Å². The van der Waals surface area contributed by atoms with Gasteiger partial charge in [-0.2, -0.15) is 0 Å². The summed E-state index contributed by atoms with van der Waals surface area (Å²) in [6, 6.07) is 33.5. The molecule has 0 saturated carbocycles. The van der Waals surface area contributed by atoms with Gasteiger partial charge in [-0.05, 0) is 47.8 Å². The molecule has 0 bridgehead atoms. The third-order valence-corrected chi connectivity index (χ3v) is 8.81. The molecule has 3 rings (SSSR count). The van der Waals surface area contributed by atoms with Crippen LogP contribution in [0.1, 0.15) is 69.1 Å². The number of rotatable bonds is 14. The zero-order valence-electron chi connectivity index (χ0n) is 24.0. The SMILES string of the molecule is C=C(OC[Si](C)(C)C)C(C)CC(CC(CC(C)CC)c1ccccc1)(c1ccccc1)c1ccccc1. The van der Waals surface area contributed by atoms with E-state index in [1.807, 2.05) is 0 Å². The van der Waals surface area contributed by atoms with Crippen molar-refractivity contribution >= 4 is 8.07 Å². The van der Waals surface area contributed by atoms with Crippen LogP contribution in [0.2, 0.25) is 19.6 Å². The molecule has 3 aromatic rings. The second-order valence-electron chi connectivity index (χ2n) is 12.3. The van der Waals surface area contributed by atoms with Gasteiger partial charge in [0.15, 0.2) is 0 Å². The Morgan fingerprint density at radius 3 is 1.73 bits per heavy atom. The summed E-state index contributed by atoms with van der Waals surface area (Å²) < 4.78 is 6.32. The number of hydrogen-bond acceptors (Lipinski definition) is 1. The van der Waals surface area contributed by atoms with Crippen molar-refractivity contribution in [1.82, 2.24) is 0 Å². The minimum Gasteiger partial charge on any atom is -0.502 e. The smallest absolute Gasteiger partial charge is 0.0911 e. The van der Waals surface area contributed by atoms with E-state index in [0.717, 1.165) is 24.8 Å². The first-order valence-electron chi connectivity index (χ1n) is 14.1. The van der Waals surface area contributed by atoms with Gasteiger partial charge in [0, 0.05) is 11.3 Å². The Balaban J connectivity index is 2.10. The molecule has 198 valence electrons. The van der Waals surface area contributed by atoms with E-state index in [9.17, 15) is 0 Å². The van der Waals surface area contributed by atoms with Crippen LogP contribution in [-0.2, 0) is 10.2 Å². The number of ether oxygens (including phenoxy) is 1. The van der Waals surface area contributed by atoms with Gasteiger partial charge in [-0.3, -0.25) is 0 Å². The van der Waals surface area contributed by atoms with Crippen LogP contribution in [0.5, 0.6) is 0 Å². The van der Waals surface area contributed by atoms with Crippen molar-refractivity contribution in [2.75, 3.05) is 6.23 Å². The predicted molar refractivity (Wildman–Crippen MR) is 164 cm³/mol. The average Bonchev–Trinajstić information content (AvgIpc) is 2.91. The molecule has 1 nitrogen and oxygen atoms in total. The highest BCUT2D eigenvalue weighted by molar-refractivity contribution is 6.76. The molecule has 0 spiro atoms. The number of hydrogen-bond donors (Lipinski definition) is 0. The van der Waals surface area contributed by atoms with Gasteiger partial charge in [0.25, 0.3) is 0 Å². The highest BCUT2D eigenvalue weighted by Gasteiger charge is 2.39. The van der Waals surface area contributed by atoms with E-state index in [1.54, 1.807) is 0 Å². The maximum Gasteiger partial charge on any atom is 0.0911 e. The Labute approximate surface area is 228 Å². The summed E-state index contributed by atoms with van der Waals surface area (Å²) in [5.74, 6) is 2.29. The van der Waals surface area contributed by atoms with Gasteiger partial charge in [0.1, 0.15) is 0 Å². The van der Waals surface area contributed by atoms with Crippen molar-refractivity contribution < 1.29 is 4.74 Å². The monoisotopic (exact) mass is 512 g/mol. The first-order chi connectivity index (χ1) is 17.6. The Bertz CT molecular complexity index is 1030. The molecule has 0 saturated heterocycles. The maximum atomic E-state index is 6.32. The highest BCUT2D eigenvalue weighted by atomic mass is 28.3. The molecular formula is C35H48OSi. The van der Waals surface area contributed by atoms with Crippen molar-refractivity contribution in [3.63, 3.8) is 0 Å². The lowest BCUT2D eigenvalue weighted by Gasteiger charge is -2.41. The van der Waals surface area contributed by atoms with Crippen LogP contribution in [0, 0.1) is 11.8 Å². The van der Waals surface area contributed by atoms with Crippen molar-refractivity contribution in [3.8, 4) is 0 Å². The first kappa shape index (κ1) is 29.0. The quantitative estimate of drug-likeness (QED) is 0.154. The molecule has 0 aliphatic carbocycles. The van der Waals surface area contributed by atoms with E-state index in [2.05, 4.69) is 138 Å². The van der Waals surface area contributed by atoms with Gasteiger partial charge in [-0.1, -0.05) is 144 Å². The lowest BCUT2D eigenvalue weighted by atomic mass is 9.63. The van der Waals surface area contributed by atoms with Crippen molar-refractivity contribution in [1.29, 1.82) is 0 Å². The van der Waals surface area contributed by atoms with Gasteiger partial charge >= 0.3 is 0 Å². The first-order valence-corrected chi connectivity index (χ1v) is 17.8. The van der Waals surface area contributed by atoms with Gasteiger partial charge in [-0.25, -0.2) is 0 Å². The number of allylic oxidation sites excluding steroid dienone is 1. The summed E-state index contributed by atoms with van der Waals surface area (Å²) in [5, 5.41) is 0. The second kappa shape index (κ2) is 13.3. The van der Waals surface area contributed by atoms with E-state index in [-0.39, 0.29) is 11.3 Å². The molecule has 3 atom stereocenters. The zero-order valence-corrected chi connectivity index (χ0v) is 25.0. The van der Waals surface area contributed by atoms with Crippen molar-refractivity contribution in [2.45, 2.75) is 77.4 Å². The number of benzene rings is 3. The highest BCUT2D eigenvalue weighted by Crippen LogP contribution is 2.48. The minimum atomic E-state index is -1.33. The molecule has 37 heavy (non-hydrogen) atoms. The van der Waals surface area contributed by atoms with Crippen LogP contribution >= 0.6 is 0 Å². The van der Waals surface area contributed by atoms with Crippen LogP contribution in [0.3, 0.4) is 0 Å². The fourth-order valence-electron chi connectivity index (χ4n) is 5.46. The minimum absolute atomic E-state index is 0.151. The Hall–Kier alpha value is -2.58.